The SMILES string of the molecule is CC(=O)c1ccc(C(=O)N[C@H]2CC(=O)N(C3CCCCCC3)C2)s1. The first-order valence-electron chi connectivity index (χ1n) is 8.75. The third-order valence-corrected chi connectivity index (χ3v) is 6.12. The maximum Gasteiger partial charge on any atom is 0.261 e. The average molecular weight is 348 g/mol. The first-order chi connectivity index (χ1) is 11.5. The molecular formula is C18H24N2O3S. The molecule has 1 N–H and O–H groups in total. The molecule has 2 heterocycles. The summed E-state index contributed by atoms with van der Waals surface area (Å²) in [5.41, 5.74) is 0. The summed E-state index contributed by atoms with van der Waals surface area (Å²) in [6.45, 7) is 2.11. The van der Waals surface area contributed by atoms with Crippen molar-refractivity contribution < 1.29 is 14.4 Å². The summed E-state index contributed by atoms with van der Waals surface area (Å²) in [5.74, 6) is -0.0644. The van der Waals surface area contributed by atoms with E-state index in [2.05, 4.69) is 5.32 Å². The molecule has 0 unspecified atom stereocenters. The van der Waals surface area contributed by atoms with Crippen LogP contribution in [-0.2, 0) is 4.79 Å². The second-order valence-electron chi connectivity index (χ2n) is 6.79. The second-order valence-corrected chi connectivity index (χ2v) is 7.87. The summed E-state index contributed by atoms with van der Waals surface area (Å²) >= 11 is 1.20. The van der Waals surface area contributed by atoms with Gasteiger partial charge in [-0.15, -0.1) is 11.3 Å². The Morgan fingerprint density at radius 2 is 1.79 bits per heavy atom. The molecule has 2 aliphatic rings. The van der Waals surface area contributed by atoms with Gasteiger partial charge in [0, 0.05) is 19.0 Å². The zero-order chi connectivity index (χ0) is 17.1. The van der Waals surface area contributed by atoms with Crippen LogP contribution < -0.4 is 5.32 Å². The summed E-state index contributed by atoms with van der Waals surface area (Å²) in [4.78, 5) is 39.1. The number of thiophene rings is 1. The van der Waals surface area contributed by atoms with Crippen molar-refractivity contribution in [2.24, 2.45) is 0 Å². The van der Waals surface area contributed by atoms with Gasteiger partial charge in [0.25, 0.3) is 5.91 Å². The number of Topliss-reactive ketones (excluding diaryl/α,β-unsaturated/α-hetero) is 1. The summed E-state index contributed by atoms with van der Waals surface area (Å²) in [6, 6.07) is 3.57. The predicted molar refractivity (Wildman–Crippen MR) is 93.4 cm³/mol. The molecule has 6 heteroatoms. The number of rotatable bonds is 4. The highest BCUT2D eigenvalue weighted by Gasteiger charge is 2.35. The minimum Gasteiger partial charge on any atom is -0.346 e. The van der Waals surface area contributed by atoms with E-state index in [1.54, 1.807) is 12.1 Å². The van der Waals surface area contributed by atoms with E-state index in [1.807, 2.05) is 4.90 Å². The first kappa shape index (κ1) is 17.1. The molecular weight excluding hydrogens is 324 g/mol. The lowest BCUT2D eigenvalue weighted by molar-refractivity contribution is -0.129. The van der Waals surface area contributed by atoms with Crippen LogP contribution in [0.3, 0.4) is 0 Å². The summed E-state index contributed by atoms with van der Waals surface area (Å²) < 4.78 is 0. The van der Waals surface area contributed by atoms with Gasteiger partial charge in [-0.3, -0.25) is 14.4 Å². The molecule has 0 bridgehead atoms. The number of carbonyl (C=O) groups is 3. The Hall–Kier alpha value is -1.69. The molecule has 24 heavy (non-hydrogen) atoms. The molecule has 1 saturated heterocycles. The van der Waals surface area contributed by atoms with Crippen LogP contribution in [0.5, 0.6) is 0 Å². The van der Waals surface area contributed by atoms with Crippen LogP contribution in [0.25, 0.3) is 0 Å². The maximum absolute atomic E-state index is 12.3. The minimum absolute atomic E-state index is 0.0327. The molecule has 3 rings (SSSR count). The lowest BCUT2D eigenvalue weighted by Crippen LogP contribution is -2.40. The van der Waals surface area contributed by atoms with E-state index in [0.717, 1.165) is 12.8 Å². The Balaban J connectivity index is 1.58. The number of amides is 2. The van der Waals surface area contributed by atoms with Gasteiger partial charge in [0.05, 0.1) is 15.8 Å². The Morgan fingerprint density at radius 3 is 2.42 bits per heavy atom. The van der Waals surface area contributed by atoms with Crippen LogP contribution in [0.2, 0.25) is 0 Å². The van der Waals surface area contributed by atoms with Gasteiger partial charge >= 0.3 is 0 Å². The molecule has 5 nitrogen and oxygen atoms in total. The van der Waals surface area contributed by atoms with Crippen LogP contribution >= 0.6 is 11.3 Å². The first-order valence-corrected chi connectivity index (χ1v) is 9.57. The minimum atomic E-state index is -0.187. The van der Waals surface area contributed by atoms with Gasteiger partial charge in [0.15, 0.2) is 5.78 Å². The van der Waals surface area contributed by atoms with Crippen molar-refractivity contribution in [3.63, 3.8) is 0 Å². The van der Waals surface area contributed by atoms with E-state index < -0.39 is 0 Å². The van der Waals surface area contributed by atoms with E-state index in [1.165, 1.54) is 43.9 Å². The third kappa shape index (κ3) is 3.86. The molecule has 130 valence electrons. The zero-order valence-electron chi connectivity index (χ0n) is 14.0. The largest absolute Gasteiger partial charge is 0.346 e. The number of hydrogen-bond acceptors (Lipinski definition) is 4. The van der Waals surface area contributed by atoms with Crippen molar-refractivity contribution in [2.75, 3.05) is 6.54 Å². The number of hydrogen-bond donors (Lipinski definition) is 1. The van der Waals surface area contributed by atoms with Crippen molar-refractivity contribution in [1.82, 2.24) is 10.2 Å². The molecule has 1 atom stereocenters. The van der Waals surface area contributed by atoms with Gasteiger partial charge in [0.2, 0.25) is 5.91 Å². The molecule has 0 spiro atoms. The monoisotopic (exact) mass is 348 g/mol. The van der Waals surface area contributed by atoms with Gasteiger partial charge in [-0.25, -0.2) is 0 Å². The highest BCUT2D eigenvalue weighted by Crippen LogP contribution is 2.26. The lowest BCUT2D eigenvalue weighted by atomic mass is 10.1. The number of likely N-dealkylation sites (tertiary alicyclic amines) is 1. The molecule has 1 aliphatic heterocycles. The molecule has 1 aliphatic carbocycles. The van der Waals surface area contributed by atoms with Crippen LogP contribution in [0, 0.1) is 0 Å². The number of nitrogens with zero attached hydrogens (tertiary/aromatic N) is 1. The van der Waals surface area contributed by atoms with Crippen molar-refractivity contribution in [2.45, 2.75) is 64.0 Å². The maximum atomic E-state index is 12.3. The summed E-state index contributed by atoms with van der Waals surface area (Å²) in [5, 5.41) is 2.96. The smallest absolute Gasteiger partial charge is 0.261 e. The van der Waals surface area contributed by atoms with Gasteiger partial charge in [-0.05, 0) is 31.9 Å². The van der Waals surface area contributed by atoms with Gasteiger partial charge in [0.1, 0.15) is 0 Å². The van der Waals surface area contributed by atoms with Crippen molar-refractivity contribution in [1.29, 1.82) is 0 Å². The normalized spacial score (nSPS) is 22.5. The number of ketones is 1. The van der Waals surface area contributed by atoms with Crippen molar-refractivity contribution in [3.8, 4) is 0 Å². The highest BCUT2D eigenvalue weighted by molar-refractivity contribution is 7.15. The Labute approximate surface area is 146 Å². The Morgan fingerprint density at radius 1 is 1.12 bits per heavy atom. The van der Waals surface area contributed by atoms with E-state index in [0.29, 0.717) is 28.8 Å². The molecule has 2 amide bonds. The molecule has 1 aromatic rings. The highest BCUT2D eigenvalue weighted by atomic mass is 32.1. The van der Waals surface area contributed by atoms with E-state index >= 15 is 0 Å². The summed E-state index contributed by atoms with van der Waals surface area (Å²) in [7, 11) is 0. The number of carbonyl (C=O) groups excluding carboxylic acids is 3. The van der Waals surface area contributed by atoms with E-state index in [9.17, 15) is 14.4 Å². The van der Waals surface area contributed by atoms with Gasteiger partial charge < -0.3 is 10.2 Å². The number of nitrogens with one attached hydrogen (secondary N) is 1. The van der Waals surface area contributed by atoms with Crippen molar-refractivity contribution in [3.05, 3.63) is 21.9 Å². The lowest BCUT2D eigenvalue weighted by Gasteiger charge is -2.27. The Bertz CT molecular complexity index is 632. The van der Waals surface area contributed by atoms with Gasteiger partial charge in [-0.1, -0.05) is 25.7 Å². The second kappa shape index (κ2) is 7.47. The average Bonchev–Trinajstić information content (AvgIpc) is 3.07. The molecule has 1 aromatic heterocycles. The Kier molecular flexibility index (Phi) is 5.33. The molecule has 0 aromatic carbocycles. The quantitative estimate of drug-likeness (QED) is 0.672. The van der Waals surface area contributed by atoms with Crippen LogP contribution in [-0.4, -0.2) is 41.1 Å². The van der Waals surface area contributed by atoms with E-state index in [-0.39, 0.29) is 23.6 Å². The third-order valence-electron chi connectivity index (χ3n) is 4.94. The molecule has 0 radical (unpaired) electrons. The summed E-state index contributed by atoms with van der Waals surface area (Å²) in [6.07, 6.45) is 7.44. The predicted octanol–water partition coefficient (Wildman–Crippen LogP) is 3.00. The van der Waals surface area contributed by atoms with Crippen LogP contribution in [0.15, 0.2) is 12.1 Å². The standard InChI is InChI=1S/C18H24N2O3S/c1-12(21)15-8-9-16(24-15)18(23)19-13-10-17(22)20(11-13)14-6-4-2-3-5-7-14/h8-9,13-14H,2-7,10-11H2,1H3,(H,19,23)/t13-/m0/s1. The molecule has 2 fully saturated rings. The fraction of sp³-hybridized carbons (Fsp3) is 0.611. The van der Waals surface area contributed by atoms with E-state index in [4.69, 9.17) is 0 Å². The molecule has 1 saturated carbocycles. The fourth-order valence-electron chi connectivity index (χ4n) is 3.66. The van der Waals surface area contributed by atoms with Crippen LogP contribution in [0.1, 0.15) is 71.2 Å². The fourth-order valence-corrected chi connectivity index (χ4v) is 4.46. The van der Waals surface area contributed by atoms with Crippen molar-refractivity contribution >= 4 is 28.9 Å². The van der Waals surface area contributed by atoms with Gasteiger partial charge in [-0.2, -0.15) is 0 Å². The zero-order valence-corrected chi connectivity index (χ0v) is 14.9. The van der Waals surface area contributed by atoms with Crippen LogP contribution in [0.4, 0.5) is 0 Å². The topological polar surface area (TPSA) is 66.5 Å².